The van der Waals surface area contributed by atoms with Gasteiger partial charge in [0.05, 0.1) is 10.6 Å². The van der Waals surface area contributed by atoms with Gasteiger partial charge >= 0.3 is 0 Å². The van der Waals surface area contributed by atoms with Gasteiger partial charge in [0.25, 0.3) is 0 Å². The molecule has 0 radical (unpaired) electrons. The topological polar surface area (TPSA) is 96.4 Å². The molecular weight excluding hydrogens is 434 g/mol. The number of carbonyl (C=O) groups excluding carboxylic acids is 2. The molecule has 7 nitrogen and oxygen atoms in total. The van der Waals surface area contributed by atoms with Crippen LogP contribution in [0.3, 0.4) is 0 Å². The van der Waals surface area contributed by atoms with Crippen molar-refractivity contribution in [1.29, 1.82) is 0 Å². The molecule has 0 saturated carbocycles. The summed E-state index contributed by atoms with van der Waals surface area (Å²) >= 11 is 1.34. The molecule has 1 heterocycles. The van der Waals surface area contributed by atoms with Crippen LogP contribution in [0, 0.1) is 0 Å². The number of anilines is 1. The predicted molar refractivity (Wildman–Crippen MR) is 122 cm³/mol. The lowest BCUT2D eigenvalue weighted by Crippen LogP contribution is -2.28. The molecule has 0 aliphatic heterocycles. The number of amides is 1. The smallest absolute Gasteiger partial charge is 0.242 e. The third-order valence-corrected chi connectivity index (χ3v) is 7.29. The largest absolute Gasteiger partial charge is 0.302 e. The molecule has 0 saturated heterocycles. The van der Waals surface area contributed by atoms with Crippen molar-refractivity contribution < 1.29 is 18.0 Å². The highest BCUT2D eigenvalue weighted by molar-refractivity contribution is 7.89. The minimum atomic E-state index is -3.69. The van der Waals surface area contributed by atoms with Crippen molar-refractivity contribution in [3.63, 3.8) is 0 Å². The van der Waals surface area contributed by atoms with Crippen LogP contribution in [0.5, 0.6) is 0 Å². The molecule has 0 spiro atoms. The molecule has 1 aromatic heterocycles. The summed E-state index contributed by atoms with van der Waals surface area (Å²) in [5.41, 5.74) is 2.22. The van der Waals surface area contributed by atoms with Gasteiger partial charge in [-0.3, -0.25) is 9.59 Å². The van der Waals surface area contributed by atoms with E-state index in [1.807, 2.05) is 35.7 Å². The van der Waals surface area contributed by atoms with Crippen molar-refractivity contribution in [3.8, 4) is 11.3 Å². The van der Waals surface area contributed by atoms with Gasteiger partial charge in [0, 0.05) is 36.5 Å². The van der Waals surface area contributed by atoms with Gasteiger partial charge < -0.3 is 5.32 Å². The fourth-order valence-corrected chi connectivity index (χ4v) is 4.82. The average Bonchev–Trinajstić information content (AvgIpc) is 3.22. The SMILES string of the molecule is CC(=O)c1ccc(S(=O)(=O)N(C)CCCC(=O)Nc2nc(-c3ccccc3)cs2)cc1. The van der Waals surface area contributed by atoms with E-state index >= 15 is 0 Å². The number of carbonyl (C=O) groups is 2. The summed E-state index contributed by atoms with van der Waals surface area (Å²) in [6.07, 6.45) is 0.535. The third-order valence-electron chi connectivity index (χ3n) is 4.67. The molecule has 1 N–H and O–H groups in total. The molecule has 3 rings (SSSR count). The quantitative estimate of drug-likeness (QED) is 0.489. The van der Waals surface area contributed by atoms with E-state index in [4.69, 9.17) is 0 Å². The van der Waals surface area contributed by atoms with Gasteiger partial charge in [0.1, 0.15) is 0 Å². The molecule has 9 heteroatoms. The lowest BCUT2D eigenvalue weighted by atomic mass is 10.2. The zero-order valence-electron chi connectivity index (χ0n) is 17.2. The molecular formula is C22H23N3O4S2. The Morgan fingerprint density at radius 1 is 1.06 bits per heavy atom. The van der Waals surface area contributed by atoms with E-state index in [-0.39, 0.29) is 29.6 Å². The lowest BCUT2D eigenvalue weighted by molar-refractivity contribution is -0.116. The predicted octanol–water partition coefficient (Wildman–Crippen LogP) is 4.05. The second kappa shape index (κ2) is 9.95. The number of aromatic nitrogens is 1. The fraction of sp³-hybridized carbons (Fsp3) is 0.227. The number of nitrogens with zero attached hydrogens (tertiary/aromatic N) is 2. The van der Waals surface area contributed by atoms with Crippen LogP contribution in [0.4, 0.5) is 5.13 Å². The minimum Gasteiger partial charge on any atom is -0.302 e. The molecule has 0 fully saturated rings. The van der Waals surface area contributed by atoms with E-state index in [1.165, 1.54) is 53.9 Å². The molecule has 2 aromatic carbocycles. The molecule has 3 aromatic rings. The van der Waals surface area contributed by atoms with Gasteiger partial charge in [-0.25, -0.2) is 17.7 Å². The average molecular weight is 458 g/mol. The Morgan fingerprint density at radius 3 is 2.39 bits per heavy atom. The zero-order valence-corrected chi connectivity index (χ0v) is 18.9. The number of ketones is 1. The summed E-state index contributed by atoms with van der Waals surface area (Å²) in [5, 5.41) is 5.15. The Kier molecular flexibility index (Phi) is 7.32. The molecule has 162 valence electrons. The monoisotopic (exact) mass is 457 g/mol. The Hall–Kier alpha value is -2.88. The number of sulfonamides is 1. The van der Waals surface area contributed by atoms with Gasteiger partial charge in [-0.15, -0.1) is 11.3 Å². The summed E-state index contributed by atoms with van der Waals surface area (Å²) in [6.45, 7) is 1.62. The van der Waals surface area contributed by atoms with E-state index in [9.17, 15) is 18.0 Å². The zero-order chi connectivity index (χ0) is 22.4. The van der Waals surface area contributed by atoms with Crippen molar-refractivity contribution >= 4 is 38.2 Å². The number of hydrogen-bond donors (Lipinski definition) is 1. The normalized spacial score (nSPS) is 11.5. The number of benzene rings is 2. The van der Waals surface area contributed by atoms with Gasteiger partial charge in [-0.1, -0.05) is 42.5 Å². The molecule has 31 heavy (non-hydrogen) atoms. The van der Waals surface area contributed by atoms with Gasteiger partial charge in [0.15, 0.2) is 10.9 Å². The number of hydrogen-bond acceptors (Lipinski definition) is 6. The number of nitrogens with one attached hydrogen (secondary N) is 1. The van der Waals surface area contributed by atoms with E-state index in [1.54, 1.807) is 0 Å². The maximum absolute atomic E-state index is 12.6. The second-order valence-electron chi connectivity index (χ2n) is 6.96. The van der Waals surface area contributed by atoms with Crippen LogP contribution in [0.2, 0.25) is 0 Å². The van der Waals surface area contributed by atoms with Crippen molar-refractivity contribution in [3.05, 3.63) is 65.5 Å². The van der Waals surface area contributed by atoms with E-state index in [2.05, 4.69) is 10.3 Å². The maximum atomic E-state index is 12.6. The number of Topliss-reactive ketones (excluding diaryl/α,β-unsaturated/α-hetero) is 1. The summed E-state index contributed by atoms with van der Waals surface area (Å²) in [5.74, 6) is -0.343. The van der Waals surface area contributed by atoms with E-state index in [0.717, 1.165) is 11.3 Å². The maximum Gasteiger partial charge on any atom is 0.242 e. The summed E-state index contributed by atoms with van der Waals surface area (Å²) in [7, 11) is -2.21. The van der Waals surface area contributed by atoms with Crippen LogP contribution in [-0.2, 0) is 14.8 Å². The Labute approximate surface area is 185 Å². The van der Waals surface area contributed by atoms with Crippen molar-refractivity contribution in [1.82, 2.24) is 9.29 Å². The first-order chi connectivity index (χ1) is 14.8. The highest BCUT2D eigenvalue weighted by Gasteiger charge is 2.21. The molecule has 0 bridgehead atoms. The van der Waals surface area contributed by atoms with Crippen LogP contribution >= 0.6 is 11.3 Å². The first-order valence-electron chi connectivity index (χ1n) is 9.65. The Balaban J connectivity index is 1.50. The van der Waals surface area contributed by atoms with Crippen molar-refractivity contribution in [2.45, 2.75) is 24.7 Å². The third kappa shape index (κ3) is 5.84. The molecule has 0 unspecified atom stereocenters. The van der Waals surface area contributed by atoms with Crippen molar-refractivity contribution in [2.24, 2.45) is 0 Å². The standard InChI is InChI=1S/C22H23N3O4S2/c1-16(26)17-10-12-19(13-11-17)31(28,29)25(2)14-6-9-21(27)24-22-23-20(15-30-22)18-7-4-3-5-8-18/h3-5,7-8,10-13,15H,6,9,14H2,1-2H3,(H,23,24,27). The fourth-order valence-electron chi connectivity index (χ4n) is 2.88. The summed E-state index contributed by atoms with van der Waals surface area (Å²) < 4.78 is 26.5. The Morgan fingerprint density at radius 2 is 1.74 bits per heavy atom. The van der Waals surface area contributed by atoms with Crippen LogP contribution in [0.25, 0.3) is 11.3 Å². The highest BCUT2D eigenvalue weighted by Crippen LogP contribution is 2.24. The molecule has 0 atom stereocenters. The molecule has 1 amide bonds. The first kappa shape index (κ1) is 22.8. The van der Waals surface area contributed by atoms with Crippen LogP contribution in [0.15, 0.2) is 64.9 Å². The van der Waals surface area contributed by atoms with Crippen LogP contribution < -0.4 is 5.32 Å². The number of thiazole rings is 1. The molecule has 0 aliphatic rings. The highest BCUT2D eigenvalue weighted by atomic mass is 32.2. The van der Waals surface area contributed by atoms with Crippen molar-refractivity contribution in [2.75, 3.05) is 18.9 Å². The second-order valence-corrected chi connectivity index (χ2v) is 9.87. The summed E-state index contributed by atoms with van der Waals surface area (Å²) in [4.78, 5) is 28.1. The summed E-state index contributed by atoms with van der Waals surface area (Å²) in [6, 6.07) is 15.5. The molecule has 0 aliphatic carbocycles. The van der Waals surface area contributed by atoms with Gasteiger partial charge in [0.2, 0.25) is 15.9 Å². The van der Waals surface area contributed by atoms with Crippen LogP contribution in [0.1, 0.15) is 30.1 Å². The van der Waals surface area contributed by atoms with E-state index in [0.29, 0.717) is 17.1 Å². The van der Waals surface area contributed by atoms with Crippen LogP contribution in [-0.4, -0.2) is 43.0 Å². The lowest BCUT2D eigenvalue weighted by Gasteiger charge is -2.17. The number of rotatable bonds is 9. The van der Waals surface area contributed by atoms with Gasteiger partial charge in [-0.05, 0) is 25.5 Å². The first-order valence-corrected chi connectivity index (χ1v) is 12.0. The van der Waals surface area contributed by atoms with E-state index < -0.39 is 10.0 Å². The van der Waals surface area contributed by atoms with Gasteiger partial charge in [-0.2, -0.15) is 0 Å². The Bertz CT molecular complexity index is 1160. The minimum absolute atomic E-state index is 0.112.